The number of hydrogen-bond acceptors (Lipinski definition) is 4. The van der Waals surface area contributed by atoms with Crippen molar-refractivity contribution in [2.75, 3.05) is 0 Å². The molecule has 3 rings (SSSR count). The molecule has 0 fully saturated rings. The molecule has 1 amide bonds. The lowest BCUT2D eigenvalue weighted by molar-refractivity contribution is -0.136. The molecule has 3 aromatic carbocycles. The van der Waals surface area contributed by atoms with Gasteiger partial charge in [-0.1, -0.05) is 60.7 Å². The monoisotopic (exact) mass is 389 g/mol. The highest BCUT2D eigenvalue weighted by Crippen LogP contribution is 2.22. The van der Waals surface area contributed by atoms with Crippen LogP contribution in [0.25, 0.3) is 0 Å². The fourth-order valence-electron chi connectivity index (χ4n) is 2.74. The zero-order valence-electron chi connectivity index (χ0n) is 16.0. The van der Waals surface area contributed by atoms with Crippen molar-refractivity contribution in [1.29, 1.82) is 0 Å². The van der Waals surface area contributed by atoms with E-state index in [0.29, 0.717) is 5.75 Å². The number of carbonyl (C=O) groups is 2. The summed E-state index contributed by atoms with van der Waals surface area (Å²) >= 11 is 0. The molecule has 0 saturated carbocycles. The van der Waals surface area contributed by atoms with Gasteiger partial charge in [-0.25, -0.2) is 5.48 Å². The number of rotatable bonds is 10. The van der Waals surface area contributed by atoms with Crippen molar-refractivity contribution >= 4 is 11.7 Å². The van der Waals surface area contributed by atoms with Crippen molar-refractivity contribution in [3.05, 3.63) is 96.1 Å². The Balaban J connectivity index is 1.40. The molecule has 148 valence electrons. The maximum Gasteiger partial charge on any atom is 0.243 e. The molecule has 0 aromatic heterocycles. The summed E-state index contributed by atoms with van der Waals surface area (Å²) in [7, 11) is 0. The average Bonchev–Trinajstić information content (AvgIpc) is 2.74. The van der Waals surface area contributed by atoms with Crippen molar-refractivity contribution in [3.8, 4) is 11.5 Å². The number of carbonyl (C=O) groups excluding carboxylic acids is 2. The highest BCUT2D eigenvalue weighted by molar-refractivity contribution is 5.85. The SMILES string of the molecule is O=C(CCC(=O)NOCc1ccccc1)Cc1cccc(Oc2ccccc2)c1. The van der Waals surface area contributed by atoms with E-state index < -0.39 is 0 Å². The molecule has 0 unspecified atom stereocenters. The van der Waals surface area contributed by atoms with Gasteiger partial charge in [0.1, 0.15) is 17.3 Å². The number of ketones is 1. The second-order valence-corrected chi connectivity index (χ2v) is 6.58. The number of benzene rings is 3. The number of hydrogen-bond donors (Lipinski definition) is 1. The Morgan fingerprint density at radius 3 is 2.14 bits per heavy atom. The van der Waals surface area contributed by atoms with E-state index >= 15 is 0 Å². The van der Waals surface area contributed by atoms with Crippen LogP contribution in [-0.4, -0.2) is 11.7 Å². The molecule has 0 aliphatic rings. The second-order valence-electron chi connectivity index (χ2n) is 6.58. The van der Waals surface area contributed by atoms with Crippen molar-refractivity contribution in [1.82, 2.24) is 5.48 Å². The van der Waals surface area contributed by atoms with Crippen LogP contribution in [0.1, 0.15) is 24.0 Å². The fraction of sp³-hybridized carbons (Fsp3) is 0.167. The Kier molecular flexibility index (Phi) is 7.55. The van der Waals surface area contributed by atoms with E-state index in [4.69, 9.17) is 9.57 Å². The van der Waals surface area contributed by atoms with Gasteiger partial charge < -0.3 is 4.74 Å². The second kappa shape index (κ2) is 10.8. The van der Waals surface area contributed by atoms with Gasteiger partial charge in [0.15, 0.2) is 0 Å². The molecule has 0 bridgehead atoms. The minimum absolute atomic E-state index is 0.0138. The van der Waals surface area contributed by atoms with Gasteiger partial charge in [0, 0.05) is 19.3 Å². The minimum Gasteiger partial charge on any atom is -0.457 e. The molecule has 0 saturated heterocycles. The Hall–Kier alpha value is -3.44. The van der Waals surface area contributed by atoms with Crippen LogP contribution < -0.4 is 10.2 Å². The number of nitrogens with one attached hydrogen (secondary N) is 1. The zero-order chi connectivity index (χ0) is 20.3. The van der Waals surface area contributed by atoms with Gasteiger partial charge in [0.05, 0.1) is 6.61 Å². The van der Waals surface area contributed by atoms with Crippen LogP contribution in [0.15, 0.2) is 84.9 Å². The number of amides is 1. The number of ether oxygens (including phenoxy) is 1. The van der Waals surface area contributed by atoms with Crippen molar-refractivity contribution in [2.24, 2.45) is 0 Å². The van der Waals surface area contributed by atoms with Crippen molar-refractivity contribution < 1.29 is 19.2 Å². The van der Waals surface area contributed by atoms with Crippen LogP contribution in [0.3, 0.4) is 0 Å². The summed E-state index contributed by atoms with van der Waals surface area (Å²) < 4.78 is 5.79. The van der Waals surface area contributed by atoms with Gasteiger partial charge in [-0.3, -0.25) is 14.4 Å². The summed E-state index contributed by atoms with van der Waals surface area (Å²) in [6.07, 6.45) is 0.502. The summed E-state index contributed by atoms with van der Waals surface area (Å²) in [6.45, 7) is 0.286. The summed E-state index contributed by atoms with van der Waals surface area (Å²) in [5, 5.41) is 0. The summed E-state index contributed by atoms with van der Waals surface area (Å²) in [4.78, 5) is 29.2. The first-order chi connectivity index (χ1) is 14.2. The van der Waals surface area contributed by atoms with Gasteiger partial charge in [-0.15, -0.1) is 0 Å². The summed E-state index contributed by atoms with van der Waals surface area (Å²) in [5.74, 6) is 1.09. The first-order valence-electron chi connectivity index (χ1n) is 9.47. The largest absolute Gasteiger partial charge is 0.457 e. The van der Waals surface area contributed by atoms with E-state index in [1.165, 1.54) is 0 Å². The van der Waals surface area contributed by atoms with E-state index in [-0.39, 0.29) is 37.6 Å². The predicted octanol–water partition coefficient (Wildman–Crippen LogP) is 4.62. The maximum absolute atomic E-state index is 12.2. The average molecular weight is 389 g/mol. The van der Waals surface area contributed by atoms with E-state index in [1.54, 1.807) is 0 Å². The molecule has 1 N–H and O–H groups in total. The van der Waals surface area contributed by atoms with Crippen LogP contribution in [-0.2, 0) is 27.5 Å². The van der Waals surface area contributed by atoms with Gasteiger partial charge in [0.25, 0.3) is 0 Å². The summed E-state index contributed by atoms with van der Waals surface area (Å²) in [5.41, 5.74) is 4.19. The minimum atomic E-state index is -0.310. The Bertz CT molecular complexity index is 926. The lowest BCUT2D eigenvalue weighted by atomic mass is 10.1. The van der Waals surface area contributed by atoms with E-state index in [1.807, 2.05) is 84.9 Å². The van der Waals surface area contributed by atoms with Gasteiger partial charge in [-0.2, -0.15) is 0 Å². The van der Waals surface area contributed by atoms with Gasteiger partial charge in [0.2, 0.25) is 5.91 Å². The van der Waals surface area contributed by atoms with E-state index in [9.17, 15) is 9.59 Å². The maximum atomic E-state index is 12.2. The van der Waals surface area contributed by atoms with Gasteiger partial charge in [-0.05, 0) is 35.4 Å². The van der Waals surface area contributed by atoms with Crippen LogP contribution in [0.4, 0.5) is 0 Å². The van der Waals surface area contributed by atoms with Crippen molar-refractivity contribution in [3.63, 3.8) is 0 Å². The smallest absolute Gasteiger partial charge is 0.243 e. The lowest BCUT2D eigenvalue weighted by Crippen LogP contribution is -2.24. The first kappa shape index (κ1) is 20.3. The highest BCUT2D eigenvalue weighted by Gasteiger charge is 2.09. The van der Waals surface area contributed by atoms with E-state index in [2.05, 4.69) is 5.48 Å². The molecule has 3 aromatic rings. The number of para-hydroxylation sites is 1. The first-order valence-corrected chi connectivity index (χ1v) is 9.47. The standard InChI is InChI=1S/C24H23NO4/c26-21(14-15-24(27)25-28-18-19-8-3-1-4-9-19)16-20-10-7-13-23(17-20)29-22-11-5-2-6-12-22/h1-13,17H,14-16,18H2,(H,25,27). The molecule has 0 spiro atoms. The fourth-order valence-corrected chi connectivity index (χ4v) is 2.74. The molecular weight excluding hydrogens is 366 g/mol. The lowest BCUT2D eigenvalue weighted by Gasteiger charge is -2.08. The molecule has 0 heterocycles. The molecule has 0 atom stereocenters. The molecule has 0 aliphatic heterocycles. The Morgan fingerprint density at radius 1 is 0.724 bits per heavy atom. The van der Waals surface area contributed by atoms with E-state index in [0.717, 1.165) is 16.9 Å². The van der Waals surface area contributed by atoms with Gasteiger partial charge >= 0.3 is 0 Å². The predicted molar refractivity (Wildman–Crippen MR) is 110 cm³/mol. The third kappa shape index (κ3) is 7.24. The van der Waals surface area contributed by atoms with Crippen LogP contribution >= 0.6 is 0 Å². The molecular formula is C24H23NO4. The molecule has 0 radical (unpaired) electrons. The highest BCUT2D eigenvalue weighted by atomic mass is 16.6. The molecule has 5 heteroatoms. The molecule has 29 heavy (non-hydrogen) atoms. The van der Waals surface area contributed by atoms with Crippen LogP contribution in [0.2, 0.25) is 0 Å². The molecule has 5 nitrogen and oxygen atoms in total. The normalized spacial score (nSPS) is 10.3. The quantitative estimate of drug-likeness (QED) is 0.514. The third-order valence-corrected chi connectivity index (χ3v) is 4.18. The van der Waals surface area contributed by atoms with Crippen molar-refractivity contribution in [2.45, 2.75) is 25.9 Å². The third-order valence-electron chi connectivity index (χ3n) is 4.18. The van der Waals surface area contributed by atoms with Crippen LogP contribution in [0, 0.1) is 0 Å². The molecule has 0 aliphatic carbocycles. The number of hydroxylamine groups is 1. The topological polar surface area (TPSA) is 64.6 Å². The number of Topliss-reactive ketones (excluding diaryl/α,β-unsaturated/α-hetero) is 1. The Morgan fingerprint density at radius 2 is 1.38 bits per heavy atom. The zero-order valence-corrected chi connectivity index (χ0v) is 16.0. The summed E-state index contributed by atoms with van der Waals surface area (Å²) in [6, 6.07) is 26.4. The van der Waals surface area contributed by atoms with Crippen LogP contribution in [0.5, 0.6) is 11.5 Å². The Labute approximate surface area is 170 Å².